The molecule has 0 bridgehead atoms. The SMILES string of the molecule is CC1=C(C)C(C)(CCP(C(C)C)C(C)C)[C]([Ti+2])=C1C.[Cl-].[Cl-]. The van der Waals surface area contributed by atoms with Crippen molar-refractivity contribution in [2.45, 2.75) is 73.1 Å². The van der Waals surface area contributed by atoms with Gasteiger partial charge < -0.3 is 24.8 Å². The molecule has 0 aromatic rings. The van der Waals surface area contributed by atoms with Crippen LogP contribution in [0.3, 0.4) is 0 Å². The molecule has 121 valence electrons. The van der Waals surface area contributed by atoms with E-state index in [2.05, 4.69) is 75.8 Å². The van der Waals surface area contributed by atoms with Crippen molar-refractivity contribution in [2.75, 3.05) is 6.16 Å². The summed E-state index contributed by atoms with van der Waals surface area (Å²) in [5.41, 5.74) is 6.74. The van der Waals surface area contributed by atoms with E-state index in [0.717, 1.165) is 11.3 Å². The molecule has 1 atom stereocenters. The molecule has 0 saturated carbocycles. The Kier molecular flexibility index (Phi) is 11.0. The third-order valence-electron chi connectivity index (χ3n) is 5.08. The summed E-state index contributed by atoms with van der Waals surface area (Å²) in [7, 11) is 0.162. The number of halogens is 2. The Morgan fingerprint density at radius 1 is 0.952 bits per heavy atom. The van der Waals surface area contributed by atoms with Crippen LogP contribution in [0.5, 0.6) is 0 Å². The van der Waals surface area contributed by atoms with Gasteiger partial charge in [0.15, 0.2) is 0 Å². The van der Waals surface area contributed by atoms with Crippen molar-refractivity contribution in [1.29, 1.82) is 0 Å². The van der Waals surface area contributed by atoms with Crippen LogP contribution in [0.2, 0.25) is 0 Å². The molecule has 1 unspecified atom stereocenters. The van der Waals surface area contributed by atoms with Crippen LogP contribution in [0.1, 0.15) is 61.8 Å². The van der Waals surface area contributed by atoms with E-state index in [1.807, 2.05) is 0 Å². The molecule has 0 aromatic heterocycles. The molecular weight excluding hydrogens is 354 g/mol. The third kappa shape index (κ3) is 5.09. The standard InChI is InChI=1S/C17H30P.2ClH.Ti/c1-12(2)18(13(3)4)10-9-17(8)11-14(5)15(6)16(17)7;;;/h12-13H,9-10H2,1-8H3;2*1H;/q;;;+2/p-2. The number of hydrogen-bond acceptors (Lipinski definition) is 0. The van der Waals surface area contributed by atoms with Gasteiger partial charge in [-0.2, -0.15) is 0 Å². The second-order valence-corrected chi connectivity index (χ2v) is 11.1. The van der Waals surface area contributed by atoms with Crippen molar-refractivity contribution < 1.29 is 45.2 Å². The van der Waals surface area contributed by atoms with Crippen LogP contribution in [0, 0.1) is 5.41 Å². The maximum atomic E-state index is 2.46. The van der Waals surface area contributed by atoms with E-state index >= 15 is 0 Å². The van der Waals surface area contributed by atoms with Gasteiger partial charge >= 0.3 is 134 Å². The first kappa shape index (κ1) is 24.5. The molecule has 0 heterocycles. The summed E-state index contributed by atoms with van der Waals surface area (Å²) in [6, 6.07) is 0. The normalized spacial score (nSPS) is 22.3. The van der Waals surface area contributed by atoms with Gasteiger partial charge in [-0.3, -0.25) is 0 Å². The van der Waals surface area contributed by atoms with Gasteiger partial charge in [0, 0.05) is 0 Å². The van der Waals surface area contributed by atoms with Crippen LogP contribution in [-0.4, -0.2) is 17.5 Å². The fraction of sp³-hybridized carbons (Fsp3) is 0.765. The number of hydrogen-bond donors (Lipinski definition) is 0. The summed E-state index contributed by atoms with van der Waals surface area (Å²) in [5.74, 6) is 0. The van der Waals surface area contributed by atoms with Crippen molar-refractivity contribution in [3.8, 4) is 0 Å². The van der Waals surface area contributed by atoms with Gasteiger partial charge in [-0.05, 0) is 0 Å². The summed E-state index contributed by atoms with van der Waals surface area (Å²) >= 11 is 2.35. The third-order valence-corrected chi connectivity index (χ3v) is 9.92. The Hall–Kier alpha value is 1.20. The molecule has 0 amide bonds. The van der Waals surface area contributed by atoms with E-state index in [1.165, 1.54) is 12.6 Å². The molecule has 0 fully saturated rings. The first-order chi connectivity index (χ1) is 8.62. The number of allylic oxidation sites excluding steroid dienone is 4. The fourth-order valence-corrected chi connectivity index (χ4v) is 6.97. The average molecular weight is 384 g/mol. The summed E-state index contributed by atoms with van der Waals surface area (Å²) in [5, 5.41) is 0. The largest absolute Gasteiger partial charge is 1.00 e. The molecule has 0 radical (unpaired) electrons. The molecule has 0 N–H and O–H groups in total. The Morgan fingerprint density at radius 2 is 1.38 bits per heavy atom. The summed E-state index contributed by atoms with van der Waals surface area (Å²) in [6.45, 7) is 19.0. The smallest absolute Gasteiger partial charge is 1.00 e. The molecule has 1 rings (SSSR count). The van der Waals surface area contributed by atoms with Gasteiger partial charge in [0.25, 0.3) is 0 Å². The zero-order valence-electron chi connectivity index (χ0n) is 14.8. The Labute approximate surface area is 158 Å². The van der Waals surface area contributed by atoms with E-state index < -0.39 is 0 Å². The van der Waals surface area contributed by atoms with E-state index in [0.29, 0.717) is 5.41 Å². The van der Waals surface area contributed by atoms with Crippen LogP contribution in [0.15, 0.2) is 20.6 Å². The second kappa shape index (κ2) is 9.49. The van der Waals surface area contributed by atoms with Crippen molar-refractivity contribution in [1.82, 2.24) is 0 Å². The molecule has 0 aromatic carbocycles. The van der Waals surface area contributed by atoms with Gasteiger partial charge in [-0.1, -0.05) is 0 Å². The molecule has 0 saturated heterocycles. The van der Waals surface area contributed by atoms with Gasteiger partial charge in [0.05, 0.1) is 0 Å². The zero-order chi connectivity index (χ0) is 15.0. The second-order valence-electron chi connectivity index (χ2n) is 6.76. The van der Waals surface area contributed by atoms with E-state index in [9.17, 15) is 0 Å². The van der Waals surface area contributed by atoms with Crippen LogP contribution in [0.4, 0.5) is 0 Å². The first-order valence-electron chi connectivity index (χ1n) is 7.50. The van der Waals surface area contributed by atoms with E-state index in [1.54, 1.807) is 20.6 Å². The average Bonchev–Trinajstić information content (AvgIpc) is 2.45. The molecule has 0 spiro atoms. The number of rotatable bonds is 5. The minimum absolute atomic E-state index is 0. The quantitative estimate of drug-likeness (QED) is 0.458. The van der Waals surface area contributed by atoms with Crippen molar-refractivity contribution in [3.05, 3.63) is 20.6 Å². The van der Waals surface area contributed by atoms with Gasteiger partial charge in [-0.15, -0.1) is 0 Å². The minimum Gasteiger partial charge on any atom is -1.00 e. The first-order valence-corrected chi connectivity index (χ1v) is 9.94. The van der Waals surface area contributed by atoms with Crippen molar-refractivity contribution in [2.24, 2.45) is 5.41 Å². The summed E-state index contributed by atoms with van der Waals surface area (Å²) in [4.78, 5) is 0. The summed E-state index contributed by atoms with van der Waals surface area (Å²) < 4.78 is 1.62. The molecule has 1 aliphatic rings. The topological polar surface area (TPSA) is 0 Å². The van der Waals surface area contributed by atoms with Crippen LogP contribution >= 0.6 is 7.92 Å². The van der Waals surface area contributed by atoms with Gasteiger partial charge in [-0.25, -0.2) is 0 Å². The van der Waals surface area contributed by atoms with E-state index in [4.69, 9.17) is 0 Å². The maximum Gasteiger partial charge on any atom is -1.00 e. The fourth-order valence-electron chi connectivity index (χ4n) is 3.26. The van der Waals surface area contributed by atoms with Crippen LogP contribution in [0.25, 0.3) is 0 Å². The van der Waals surface area contributed by atoms with Crippen LogP contribution in [-0.2, 0) is 20.4 Å². The summed E-state index contributed by atoms with van der Waals surface area (Å²) in [6.07, 6.45) is 2.75. The van der Waals surface area contributed by atoms with Gasteiger partial charge in [0.1, 0.15) is 0 Å². The zero-order valence-corrected chi connectivity index (χ0v) is 18.7. The monoisotopic (exact) mass is 383 g/mol. The maximum absolute atomic E-state index is 2.46. The predicted molar refractivity (Wildman–Crippen MR) is 85.9 cm³/mol. The minimum atomic E-state index is 0. The Morgan fingerprint density at radius 3 is 1.67 bits per heavy atom. The Balaban J connectivity index is 0. The van der Waals surface area contributed by atoms with E-state index in [-0.39, 0.29) is 32.7 Å². The van der Waals surface area contributed by atoms with Crippen molar-refractivity contribution >= 4 is 7.92 Å². The van der Waals surface area contributed by atoms with Crippen LogP contribution < -0.4 is 24.8 Å². The molecule has 1 aliphatic carbocycles. The molecule has 0 aliphatic heterocycles. The van der Waals surface area contributed by atoms with Gasteiger partial charge in [0.2, 0.25) is 0 Å². The molecule has 4 heteroatoms. The predicted octanol–water partition coefficient (Wildman–Crippen LogP) is -0.140. The molecular formula is C17H30Cl2PTi. The molecule has 0 nitrogen and oxygen atoms in total. The Bertz CT molecular complexity index is 379. The molecule has 21 heavy (non-hydrogen) atoms. The van der Waals surface area contributed by atoms with Crippen molar-refractivity contribution in [3.63, 3.8) is 0 Å².